The molecular weight excluding hydrogens is 302 g/mol. The minimum atomic E-state index is 0.369. The van der Waals surface area contributed by atoms with Crippen LogP contribution in [0.2, 0.25) is 0 Å². The SMILES string of the molecule is CCC1CCC(N)C(CCOc2cccc(Br)c2)C1. The van der Waals surface area contributed by atoms with Crippen LogP contribution in [0.5, 0.6) is 5.75 Å². The van der Waals surface area contributed by atoms with E-state index in [0.29, 0.717) is 12.0 Å². The van der Waals surface area contributed by atoms with Gasteiger partial charge in [0.25, 0.3) is 0 Å². The summed E-state index contributed by atoms with van der Waals surface area (Å²) in [6.45, 7) is 3.06. The van der Waals surface area contributed by atoms with Crippen molar-refractivity contribution in [1.82, 2.24) is 0 Å². The van der Waals surface area contributed by atoms with Gasteiger partial charge in [-0.15, -0.1) is 0 Å². The molecule has 2 N–H and O–H groups in total. The molecule has 2 nitrogen and oxygen atoms in total. The van der Waals surface area contributed by atoms with Crippen LogP contribution in [-0.4, -0.2) is 12.6 Å². The Bertz CT molecular complexity index is 396. The van der Waals surface area contributed by atoms with Gasteiger partial charge in [-0.2, -0.15) is 0 Å². The van der Waals surface area contributed by atoms with Crippen molar-refractivity contribution in [3.05, 3.63) is 28.7 Å². The van der Waals surface area contributed by atoms with E-state index in [1.54, 1.807) is 0 Å². The molecule has 1 aromatic rings. The van der Waals surface area contributed by atoms with E-state index >= 15 is 0 Å². The maximum absolute atomic E-state index is 6.24. The van der Waals surface area contributed by atoms with Gasteiger partial charge < -0.3 is 10.5 Å². The fourth-order valence-electron chi connectivity index (χ4n) is 2.97. The number of halogens is 1. The van der Waals surface area contributed by atoms with Crippen molar-refractivity contribution >= 4 is 15.9 Å². The van der Waals surface area contributed by atoms with Gasteiger partial charge in [-0.1, -0.05) is 35.3 Å². The van der Waals surface area contributed by atoms with Crippen LogP contribution in [0.15, 0.2) is 28.7 Å². The molecule has 1 aliphatic rings. The highest BCUT2D eigenvalue weighted by atomic mass is 79.9. The minimum absolute atomic E-state index is 0.369. The third-order valence-corrected chi connectivity index (χ3v) is 4.77. The van der Waals surface area contributed by atoms with Gasteiger partial charge in [0, 0.05) is 10.5 Å². The van der Waals surface area contributed by atoms with Gasteiger partial charge in [0.2, 0.25) is 0 Å². The standard InChI is InChI=1S/C16H24BrNO/c1-2-12-6-7-16(18)13(10-12)8-9-19-15-5-3-4-14(17)11-15/h3-5,11-13,16H,2,6-10,18H2,1H3. The molecule has 0 amide bonds. The van der Waals surface area contributed by atoms with Crippen LogP contribution in [0.3, 0.4) is 0 Å². The average Bonchev–Trinajstić information content (AvgIpc) is 2.41. The van der Waals surface area contributed by atoms with Crippen molar-refractivity contribution < 1.29 is 4.74 Å². The molecule has 0 saturated heterocycles. The zero-order valence-electron chi connectivity index (χ0n) is 11.6. The normalized spacial score (nSPS) is 27.2. The Morgan fingerprint density at radius 1 is 1.37 bits per heavy atom. The first-order chi connectivity index (χ1) is 9.19. The summed E-state index contributed by atoms with van der Waals surface area (Å²) in [5, 5.41) is 0. The molecule has 1 aromatic carbocycles. The topological polar surface area (TPSA) is 35.2 Å². The molecule has 0 bridgehead atoms. The third kappa shape index (κ3) is 4.50. The lowest BCUT2D eigenvalue weighted by Crippen LogP contribution is -2.36. The van der Waals surface area contributed by atoms with Crippen LogP contribution < -0.4 is 10.5 Å². The highest BCUT2D eigenvalue weighted by Crippen LogP contribution is 2.32. The van der Waals surface area contributed by atoms with Crippen molar-refractivity contribution in [2.45, 2.75) is 45.1 Å². The first-order valence-corrected chi connectivity index (χ1v) is 8.12. The van der Waals surface area contributed by atoms with Crippen molar-refractivity contribution in [3.63, 3.8) is 0 Å². The van der Waals surface area contributed by atoms with Crippen LogP contribution in [0, 0.1) is 11.8 Å². The van der Waals surface area contributed by atoms with Crippen molar-refractivity contribution in [1.29, 1.82) is 0 Å². The van der Waals surface area contributed by atoms with Gasteiger partial charge in [0.1, 0.15) is 5.75 Å². The van der Waals surface area contributed by atoms with Gasteiger partial charge in [-0.05, 0) is 55.7 Å². The van der Waals surface area contributed by atoms with Crippen molar-refractivity contribution in [2.75, 3.05) is 6.61 Å². The summed E-state index contributed by atoms with van der Waals surface area (Å²) in [6.07, 6.45) is 6.13. The lowest BCUT2D eigenvalue weighted by atomic mass is 9.76. The molecule has 19 heavy (non-hydrogen) atoms. The first-order valence-electron chi connectivity index (χ1n) is 7.33. The van der Waals surface area contributed by atoms with E-state index in [9.17, 15) is 0 Å². The summed E-state index contributed by atoms with van der Waals surface area (Å²) in [7, 11) is 0. The van der Waals surface area contributed by atoms with E-state index in [1.165, 1.54) is 25.7 Å². The number of benzene rings is 1. The molecule has 3 atom stereocenters. The van der Waals surface area contributed by atoms with Gasteiger partial charge in [-0.3, -0.25) is 0 Å². The molecule has 0 aliphatic heterocycles. The quantitative estimate of drug-likeness (QED) is 0.872. The molecule has 1 saturated carbocycles. The van der Waals surface area contributed by atoms with E-state index in [1.807, 2.05) is 24.3 Å². The Morgan fingerprint density at radius 3 is 2.95 bits per heavy atom. The number of rotatable bonds is 5. The summed E-state index contributed by atoms with van der Waals surface area (Å²) in [4.78, 5) is 0. The summed E-state index contributed by atoms with van der Waals surface area (Å²) >= 11 is 3.46. The van der Waals surface area contributed by atoms with Crippen LogP contribution >= 0.6 is 15.9 Å². The van der Waals surface area contributed by atoms with Crippen molar-refractivity contribution in [2.24, 2.45) is 17.6 Å². The van der Waals surface area contributed by atoms with E-state index in [2.05, 4.69) is 22.9 Å². The molecule has 2 rings (SSSR count). The average molecular weight is 326 g/mol. The van der Waals surface area contributed by atoms with Crippen LogP contribution in [0.4, 0.5) is 0 Å². The maximum Gasteiger partial charge on any atom is 0.120 e. The fraction of sp³-hybridized carbons (Fsp3) is 0.625. The smallest absolute Gasteiger partial charge is 0.120 e. The lowest BCUT2D eigenvalue weighted by molar-refractivity contribution is 0.185. The molecule has 1 aliphatic carbocycles. The Hall–Kier alpha value is -0.540. The maximum atomic E-state index is 6.24. The molecule has 0 spiro atoms. The molecule has 3 unspecified atom stereocenters. The summed E-state index contributed by atoms with van der Waals surface area (Å²) in [5.74, 6) is 2.44. The zero-order chi connectivity index (χ0) is 13.7. The van der Waals surface area contributed by atoms with Gasteiger partial charge in [0.05, 0.1) is 6.61 Å². The number of nitrogens with two attached hydrogens (primary N) is 1. The summed E-state index contributed by atoms with van der Waals surface area (Å²) < 4.78 is 6.88. The summed E-state index contributed by atoms with van der Waals surface area (Å²) in [6, 6.07) is 8.39. The van der Waals surface area contributed by atoms with Gasteiger partial charge in [0.15, 0.2) is 0 Å². The largest absolute Gasteiger partial charge is 0.494 e. The van der Waals surface area contributed by atoms with E-state index < -0.39 is 0 Å². The van der Waals surface area contributed by atoms with Gasteiger partial charge >= 0.3 is 0 Å². The second-order valence-corrected chi connectivity index (χ2v) is 6.52. The highest BCUT2D eigenvalue weighted by molar-refractivity contribution is 9.10. The number of hydrogen-bond acceptors (Lipinski definition) is 2. The van der Waals surface area contributed by atoms with Crippen LogP contribution in [0.1, 0.15) is 39.0 Å². The van der Waals surface area contributed by atoms with E-state index in [0.717, 1.165) is 29.2 Å². The number of hydrogen-bond donors (Lipinski definition) is 1. The molecule has 0 heterocycles. The Labute approximate surface area is 124 Å². The van der Waals surface area contributed by atoms with E-state index in [-0.39, 0.29) is 0 Å². The highest BCUT2D eigenvalue weighted by Gasteiger charge is 2.26. The molecular formula is C16H24BrNO. The first kappa shape index (κ1) is 14.9. The lowest BCUT2D eigenvalue weighted by Gasteiger charge is -2.33. The zero-order valence-corrected chi connectivity index (χ0v) is 13.2. The molecule has 3 heteroatoms. The molecule has 106 valence electrons. The second-order valence-electron chi connectivity index (χ2n) is 5.61. The summed E-state index contributed by atoms with van der Waals surface area (Å²) in [5.41, 5.74) is 6.24. The predicted octanol–water partition coefficient (Wildman–Crippen LogP) is 4.37. The second kappa shape index (κ2) is 7.30. The molecule has 0 aromatic heterocycles. The Morgan fingerprint density at radius 2 is 2.21 bits per heavy atom. The monoisotopic (exact) mass is 325 g/mol. The van der Waals surface area contributed by atoms with Gasteiger partial charge in [-0.25, -0.2) is 0 Å². The molecule has 1 fully saturated rings. The van der Waals surface area contributed by atoms with Crippen LogP contribution in [0.25, 0.3) is 0 Å². The van der Waals surface area contributed by atoms with Crippen LogP contribution in [-0.2, 0) is 0 Å². The Balaban J connectivity index is 1.78. The van der Waals surface area contributed by atoms with Crippen molar-refractivity contribution in [3.8, 4) is 5.75 Å². The minimum Gasteiger partial charge on any atom is -0.494 e. The third-order valence-electron chi connectivity index (χ3n) is 4.28. The number of ether oxygens (including phenoxy) is 1. The Kier molecular flexibility index (Phi) is 5.71. The molecule has 0 radical (unpaired) electrons. The predicted molar refractivity (Wildman–Crippen MR) is 83.4 cm³/mol. The van der Waals surface area contributed by atoms with E-state index in [4.69, 9.17) is 10.5 Å². The fourth-order valence-corrected chi connectivity index (χ4v) is 3.35.